The van der Waals surface area contributed by atoms with Crippen LogP contribution < -0.4 is 5.73 Å². The zero-order valence-corrected chi connectivity index (χ0v) is 11.6. The lowest BCUT2D eigenvalue weighted by molar-refractivity contribution is -0.171. The molecule has 0 amide bonds. The van der Waals surface area contributed by atoms with Gasteiger partial charge in [0.15, 0.2) is 17.2 Å². The number of anilines is 1. The van der Waals surface area contributed by atoms with Crippen LogP contribution in [0.2, 0.25) is 0 Å². The van der Waals surface area contributed by atoms with Crippen LogP contribution in [0, 0.1) is 0 Å². The number of imidazole rings is 1. The number of nitrogens with two attached hydrogens (primary N) is 1. The predicted molar refractivity (Wildman–Crippen MR) is 72.0 cm³/mol. The molecule has 0 aromatic carbocycles. The summed E-state index contributed by atoms with van der Waals surface area (Å²) in [5, 5.41) is 30.0. The molecule has 9 nitrogen and oxygen atoms in total. The van der Waals surface area contributed by atoms with E-state index in [0.717, 1.165) is 0 Å². The first-order valence-corrected chi connectivity index (χ1v) is 6.44. The maximum Gasteiger partial charge on any atom is 0.174 e. The molecule has 3 rings (SSSR count). The number of aliphatic hydroxyl groups is 3. The van der Waals surface area contributed by atoms with E-state index in [0.29, 0.717) is 11.2 Å². The Labute approximate surface area is 120 Å². The number of rotatable bonds is 2. The SMILES string of the molecule is C[C@]1(CO)O[C@@](C)(n2cnc3c(N)ncnc32)[C@H](O)[C@@H]1O. The maximum absolute atomic E-state index is 10.4. The fourth-order valence-electron chi connectivity index (χ4n) is 2.71. The minimum Gasteiger partial charge on any atom is -0.393 e. The molecule has 0 bridgehead atoms. The summed E-state index contributed by atoms with van der Waals surface area (Å²) in [7, 11) is 0. The third-order valence-corrected chi connectivity index (χ3v) is 4.07. The average Bonchev–Trinajstić information content (AvgIpc) is 2.97. The van der Waals surface area contributed by atoms with Crippen molar-refractivity contribution in [1.29, 1.82) is 0 Å². The number of nitrogen functional groups attached to an aromatic ring is 1. The summed E-state index contributed by atoms with van der Waals surface area (Å²) in [5.74, 6) is 0.209. The topological polar surface area (TPSA) is 140 Å². The highest BCUT2D eigenvalue weighted by molar-refractivity contribution is 5.81. The zero-order chi connectivity index (χ0) is 15.4. The van der Waals surface area contributed by atoms with Gasteiger partial charge in [-0.1, -0.05) is 0 Å². The van der Waals surface area contributed by atoms with Crippen LogP contribution in [0.15, 0.2) is 12.7 Å². The van der Waals surface area contributed by atoms with Crippen molar-refractivity contribution >= 4 is 17.0 Å². The van der Waals surface area contributed by atoms with Crippen LogP contribution in [0.4, 0.5) is 5.82 Å². The lowest BCUT2D eigenvalue weighted by atomic mass is 9.96. The molecule has 1 saturated heterocycles. The molecule has 2 aromatic rings. The van der Waals surface area contributed by atoms with Crippen LogP contribution >= 0.6 is 0 Å². The highest BCUT2D eigenvalue weighted by Gasteiger charge is 2.59. The molecule has 0 radical (unpaired) electrons. The van der Waals surface area contributed by atoms with E-state index in [9.17, 15) is 15.3 Å². The first-order chi connectivity index (χ1) is 9.83. The average molecular weight is 295 g/mol. The Morgan fingerprint density at radius 2 is 2.00 bits per heavy atom. The van der Waals surface area contributed by atoms with Gasteiger partial charge in [-0.2, -0.15) is 0 Å². The van der Waals surface area contributed by atoms with Gasteiger partial charge in [0.25, 0.3) is 0 Å². The Morgan fingerprint density at radius 1 is 1.29 bits per heavy atom. The molecular weight excluding hydrogens is 278 g/mol. The summed E-state index contributed by atoms with van der Waals surface area (Å²) >= 11 is 0. The van der Waals surface area contributed by atoms with E-state index in [1.165, 1.54) is 24.1 Å². The first kappa shape index (κ1) is 14.1. The van der Waals surface area contributed by atoms with E-state index in [1.807, 2.05) is 0 Å². The van der Waals surface area contributed by atoms with E-state index >= 15 is 0 Å². The molecule has 0 unspecified atom stereocenters. The quantitative estimate of drug-likeness (QED) is 0.529. The van der Waals surface area contributed by atoms with Crippen LogP contribution in [-0.2, 0) is 10.5 Å². The predicted octanol–water partition coefficient (Wildman–Crippen LogP) is -1.42. The number of aromatic nitrogens is 4. The summed E-state index contributed by atoms with van der Waals surface area (Å²) in [6.45, 7) is 2.67. The molecule has 3 heterocycles. The Balaban J connectivity index is 2.16. The van der Waals surface area contributed by atoms with E-state index in [4.69, 9.17) is 10.5 Å². The lowest BCUT2D eigenvalue weighted by Crippen LogP contribution is -2.44. The second-order valence-corrected chi connectivity index (χ2v) is 5.56. The molecule has 114 valence electrons. The van der Waals surface area contributed by atoms with Gasteiger partial charge in [0.2, 0.25) is 0 Å². The van der Waals surface area contributed by atoms with Crippen molar-refractivity contribution in [3.05, 3.63) is 12.7 Å². The molecule has 1 aliphatic heterocycles. The van der Waals surface area contributed by atoms with Gasteiger partial charge in [0.1, 0.15) is 29.7 Å². The normalized spacial score (nSPS) is 36.4. The third-order valence-electron chi connectivity index (χ3n) is 4.07. The van der Waals surface area contributed by atoms with Crippen LogP contribution in [-0.4, -0.2) is 59.3 Å². The fourth-order valence-corrected chi connectivity index (χ4v) is 2.71. The van der Waals surface area contributed by atoms with Crippen molar-refractivity contribution in [2.45, 2.75) is 37.4 Å². The fraction of sp³-hybridized carbons (Fsp3) is 0.583. The van der Waals surface area contributed by atoms with Gasteiger partial charge in [0, 0.05) is 0 Å². The molecule has 5 N–H and O–H groups in total. The Hall–Kier alpha value is -1.81. The van der Waals surface area contributed by atoms with Crippen molar-refractivity contribution < 1.29 is 20.1 Å². The summed E-state index contributed by atoms with van der Waals surface area (Å²) in [5.41, 5.74) is 3.85. The molecule has 9 heteroatoms. The molecule has 4 atom stereocenters. The number of nitrogens with zero attached hydrogens (tertiary/aromatic N) is 4. The second-order valence-electron chi connectivity index (χ2n) is 5.56. The smallest absolute Gasteiger partial charge is 0.174 e. The molecule has 0 saturated carbocycles. The number of fused-ring (bicyclic) bond motifs is 1. The van der Waals surface area contributed by atoms with Crippen LogP contribution in [0.25, 0.3) is 11.2 Å². The van der Waals surface area contributed by atoms with Gasteiger partial charge >= 0.3 is 0 Å². The van der Waals surface area contributed by atoms with E-state index in [1.54, 1.807) is 6.92 Å². The van der Waals surface area contributed by atoms with Crippen LogP contribution in [0.3, 0.4) is 0 Å². The summed E-state index contributed by atoms with van der Waals surface area (Å²) in [6.07, 6.45) is 0.157. The van der Waals surface area contributed by atoms with E-state index < -0.39 is 30.1 Å². The summed E-state index contributed by atoms with van der Waals surface area (Å²) in [6, 6.07) is 0. The van der Waals surface area contributed by atoms with E-state index in [-0.39, 0.29) is 5.82 Å². The summed E-state index contributed by atoms with van der Waals surface area (Å²) in [4.78, 5) is 12.1. The van der Waals surface area contributed by atoms with Gasteiger partial charge in [-0.15, -0.1) is 0 Å². The van der Waals surface area contributed by atoms with Crippen molar-refractivity contribution in [2.24, 2.45) is 0 Å². The Bertz CT molecular complexity index is 691. The molecule has 0 aliphatic carbocycles. The van der Waals surface area contributed by atoms with Gasteiger partial charge in [-0.25, -0.2) is 15.0 Å². The molecule has 21 heavy (non-hydrogen) atoms. The van der Waals surface area contributed by atoms with Gasteiger partial charge in [-0.05, 0) is 13.8 Å². The maximum atomic E-state index is 10.4. The number of aliphatic hydroxyl groups excluding tert-OH is 3. The standard InChI is InChI=1S/C12H17N5O4/c1-11(3-18)7(19)8(20)12(2,21-11)17-5-16-6-9(13)14-4-15-10(6)17/h4-5,7-8,18-20H,3H2,1-2H3,(H2,13,14,15)/t7-,8+,11+,12+/m0/s1. The van der Waals surface area contributed by atoms with Gasteiger partial charge in [-0.3, -0.25) is 4.57 Å². The van der Waals surface area contributed by atoms with Crippen molar-refractivity contribution in [2.75, 3.05) is 12.3 Å². The van der Waals surface area contributed by atoms with Gasteiger partial charge < -0.3 is 25.8 Å². The molecule has 0 spiro atoms. The number of hydrogen-bond acceptors (Lipinski definition) is 8. The van der Waals surface area contributed by atoms with Crippen molar-refractivity contribution in [1.82, 2.24) is 19.5 Å². The molecule has 1 aliphatic rings. The van der Waals surface area contributed by atoms with Crippen LogP contribution in [0.1, 0.15) is 13.8 Å². The molecular formula is C12H17N5O4. The third kappa shape index (κ3) is 1.75. The highest BCUT2D eigenvalue weighted by Crippen LogP contribution is 2.42. The molecule has 2 aromatic heterocycles. The lowest BCUT2D eigenvalue weighted by Gasteiger charge is -2.31. The monoisotopic (exact) mass is 295 g/mol. The van der Waals surface area contributed by atoms with Gasteiger partial charge in [0.05, 0.1) is 12.9 Å². The minimum absolute atomic E-state index is 0.209. The zero-order valence-electron chi connectivity index (χ0n) is 11.6. The second kappa shape index (κ2) is 4.34. The Kier molecular flexibility index (Phi) is 2.92. The first-order valence-electron chi connectivity index (χ1n) is 6.44. The minimum atomic E-state index is -1.34. The Morgan fingerprint density at radius 3 is 2.62 bits per heavy atom. The van der Waals surface area contributed by atoms with Crippen LogP contribution in [0.5, 0.6) is 0 Å². The van der Waals surface area contributed by atoms with Crippen molar-refractivity contribution in [3.63, 3.8) is 0 Å². The van der Waals surface area contributed by atoms with Crippen molar-refractivity contribution in [3.8, 4) is 0 Å². The molecule has 1 fully saturated rings. The largest absolute Gasteiger partial charge is 0.393 e. The highest BCUT2D eigenvalue weighted by atomic mass is 16.6. The number of hydrogen-bond donors (Lipinski definition) is 4. The number of ether oxygens (including phenoxy) is 1. The summed E-state index contributed by atoms with van der Waals surface area (Å²) < 4.78 is 7.26. The van der Waals surface area contributed by atoms with E-state index in [2.05, 4.69) is 15.0 Å².